The van der Waals surface area contributed by atoms with Crippen molar-refractivity contribution in [1.82, 2.24) is 10.3 Å². The number of aliphatic hydroxyl groups excluding tert-OH is 1. The molecule has 0 saturated carbocycles. The van der Waals surface area contributed by atoms with Gasteiger partial charge in [-0.2, -0.15) is 13.2 Å². The van der Waals surface area contributed by atoms with Crippen LogP contribution in [0.5, 0.6) is 0 Å². The van der Waals surface area contributed by atoms with Crippen molar-refractivity contribution >= 4 is 17.8 Å². The van der Waals surface area contributed by atoms with E-state index in [4.69, 9.17) is 10.8 Å². The number of pyridine rings is 1. The monoisotopic (exact) mass is 424 g/mol. The Morgan fingerprint density at radius 3 is 2.67 bits per heavy atom. The summed E-state index contributed by atoms with van der Waals surface area (Å²) in [6, 6.07) is 5.34. The van der Waals surface area contributed by atoms with Gasteiger partial charge < -0.3 is 16.2 Å². The number of aromatic nitrogens is 1. The molecule has 4 N–H and O–H groups in total. The first-order chi connectivity index (χ1) is 14.1. The van der Waals surface area contributed by atoms with Crippen LogP contribution in [0.15, 0.2) is 52.8 Å². The van der Waals surface area contributed by atoms with Crippen molar-refractivity contribution in [3.05, 3.63) is 70.4 Å². The van der Waals surface area contributed by atoms with E-state index in [2.05, 4.69) is 15.3 Å². The molecule has 160 valence electrons. The van der Waals surface area contributed by atoms with E-state index in [1.54, 1.807) is 0 Å². The molecule has 0 aliphatic rings. The number of halogens is 4. The first kappa shape index (κ1) is 23.0. The van der Waals surface area contributed by atoms with Gasteiger partial charge in [0.2, 0.25) is 0 Å². The maximum Gasteiger partial charge on any atom is 0.416 e. The second kappa shape index (κ2) is 9.97. The molecule has 10 heteroatoms. The molecule has 1 aromatic carbocycles. The number of benzene rings is 1. The van der Waals surface area contributed by atoms with Crippen molar-refractivity contribution in [3.63, 3.8) is 0 Å². The molecule has 2 rings (SSSR count). The second-order valence-electron chi connectivity index (χ2n) is 6.36. The number of alkyl halides is 3. The topological polar surface area (TPSA) is 101 Å². The van der Waals surface area contributed by atoms with Gasteiger partial charge in [-0.25, -0.2) is 4.39 Å². The molecule has 0 atom stereocenters. The predicted octanol–water partition coefficient (Wildman–Crippen LogP) is 2.87. The lowest BCUT2D eigenvalue weighted by Gasteiger charge is -2.09. The van der Waals surface area contributed by atoms with E-state index >= 15 is 0 Å². The molecular formula is C20H20F4N4O2. The summed E-state index contributed by atoms with van der Waals surface area (Å²) >= 11 is 0. The van der Waals surface area contributed by atoms with Crippen LogP contribution < -0.4 is 11.1 Å². The summed E-state index contributed by atoms with van der Waals surface area (Å²) in [5.74, 6) is -1.50. The molecule has 0 unspecified atom stereocenters. The fraction of sp³-hybridized carbons (Fsp3) is 0.250. The molecule has 0 saturated heterocycles. The van der Waals surface area contributed by atoms with E-state index in [1.807, 2.05) is 0 Å². The smallest absolute Gasteiger partial charge is 0.402 e. The third-order valence-corrected chi connectivity index (χ3v) is 3.88. The minimum atomic E-state index is -4.66. The number of hydrogen-bond acceptors (Lipinski definition) is 5. The van der Waals surface area contributed by atoms with Crippen molar-refractivity contribution in [2.75, 3.05) is 13.2 Å². The number of carbonyl (C=O) groups is 1. The minimum Gasteiger partial charge on any atom is -0.402 e. The van der Waals surface area contributed by atoms with Gasteiger partial charge in [0.05, 0.1) is 23.4 Å². The number of nitrogens with two attached hydrogens (primary N) is 1. The predicted molar refractivity (Wildman–Crippen MR) is 104 cm³/mol. The van der Waals surface area contributed by atoms with Crippen LogP contribution in [-0.4, -0.2) is 35.4 Å². The summed E-state index contributed by atoms with van der Waals surface area (Å²) in [6.45, 7) is 1.33. The van der Waals surface area contributed by atoms with Crippen LogP contribution in [0.3, 0.4) is 0 Å². The number of nitrogens with one attached hydrogen (secondary N) is 1. The van der Waals surface area contributed by atoms with Crippen LogP contribution in [0.25, 0.3) is 0 Å². The molecule has 1 heterocycles. The highest BCUT2D eigenvalue weighted by atomic mass is 19.4. The molecule has 0 fully saturated rings. The summed E-state index contributed by atoms with van der Waals surface area (Å²) in [4.78, 5) is 20.3. The van der Waals surface area contributed by atoms with Crippen LogP contribution in [0.1, 0.15) is 23.7 Å². The molecule has 2 aromatic rings. The average molecular weight is 424 g/mol. The van der Waals surface area contributed by atoms with Gasteiger partial charge in [0, 0.05) is 36.8 Å². The Balaban J connectivity index is 2.23. The van der Waals surface area contributed by atoms with E-state index < -0.39 is 23.5 Å². The lowest BCUT2D eigenvalue weighted by molar-refractivity contribution is -0.137. The van der Waals surface area contributed by atoms with Crippen molar-refractivity contribution in [3.8, 4) is 0 Å². The van der Waals surface area contributed by atoms with E-state index in [-0.39, 0.29) is 36.4 Å². The number of rotatable bonds is 7. The van der Waals surface area contributed by atoms with Crippen molar-refractivity contribution in [1.29, 1.82) is 0 Å². The third kappa shape index (κ3) is 6.66. The number of carbonyl (C=O) groups excluding carboxylic acids is 1. The Morgan fingerprint density at radius 1 is 1.30 bits per heavy atom. The van der Waals surface area contributed by atoms with Crippen LogP contribution in [0.4, 0.5) is 23.2 Å². The van der Waals surface area contributed by atoms with Crippen LogP contribution in [-0.2, 0) is 17.4 Å². The van der Waals surface area contributed by atoms with Crippen molar-refractivity contribution in [2.45, 2.75) is 19.5 Å². The largest absolute Gasteiger partial charge is 0.416 e. The van der Waals surface area contributed by atoms with Crippen LogP contribution in [0.2, 0.25) is 0 Å². The molecule has 0 aliphatic carbocycles. The van der Waals surface area contributed by atoms with Crippen molar-refractivity contribution < 1.29 is 27.5 Å². The second-order valence-corrected chi connectivity index (χ2v) is 6.36. The number of allylic oxidation sites excluding steroid dienone is 1. The Hall–Kier alpha value is -3.27. The fourth-order valence-corrected chi connectivity index (χ4v) is 2.51. The number of hydrogen-bond donors (Lipinski definition) is 3. The standard InChI is InChI=1S/C20H20F4N4O2/c1-12(25)18(19(30)27-4-5-29)11-28-16-2-3-26-17(10-16)8-13-6-14(20(22,23)24)9-15(21)7-13/h2-3,6-7,9-11,29H,4-5,8,25H2,1H3,(H,27,30). The molecule has 0 radical (unpaired) electrons. The Bertz CT molecular complexity index is 968. The summed E-state index contributed by atoms with van der Waals surface area (Å²) in [5, 5.41) is 11.2. The van der Waals surface area contributed by atoms with E-state index in [9.17, 15) is 22.4 Å². The van der Waals surface area contributed by atoms with Crippen LogP contribution >= 0.6 is 0 Å². The lowest BCUT2D eigenvalue weighted by Crippen LogP contribution is -2.29. The number of aliphatic imine (C=N–C) groups is 1. The highest BCUT2D eigenvalue weighted by Crippen LogP contribution is 2.31. The maximum absolute atomic E-state index is 13.6. The van der Waals surface area contributed by atoms with Gasteiger partial charge in [0.25, 0.3) is 5.91 Å². The number of amides is 1. The third-order valence-electron chi connectivity index (χ3n) is 3.88. The Labute approximate surface area is 170 Å². The first-order valence-electron chi connectivity index (χ1n) is 8.81. The Kier molecular flexibility index (Phi) is 7.65. The van der Waals surface area contributed by atoms with Gasteiger partial charge in [-0.15, -0.1) is 0 Å². The minimum absolute atomic E-state index is 0.0419. The van der Waals surface area contributed by atoms with Gasteiger partial charge in [0.15, 0.2) is 0 Å². The highest BCUT2D eigenvalue weighted by Gasteiger charge is 2.31. The van der Waals surface area contributed by atoms with E-state index in [0.717, 1.165) is 12.1 Å². The van der Waals surface area contributed by atoms with Gasteiger partial charge in [-0.3, -0.25) is 14.8 Å². The Morgan fingerprint density at radius 2 is 2.03 bits per heavy atom. The molecule has 6 nitrogen and oxygen atoms in total. The SMILES string of the molecule is CC(N)=C(C=Nc1ccnc(Cc2cc(F)cc(C(F)(F)F)c2)c1)C(=O)NCCO. The average Bonchev–Trinajstić information content (AvgIpc) is 2.65. The van der Waals surface area contributed by atoms with Crippen LogP contribution in [0, 0.1) is 5.82 Å². The zero-order valence-corrected chi connectivity index (χ0v) is 16.0. The van der Waals surface area contributed by atoms with Gasteiger partial charge in [-0.05, 0) is 42.8 Å². The van der Waals surface area contributed by atoms with E-state index in [1.165, 1.54) is 31.5 Å². The summed E-state index contributed by atoms with van der Waals surface area (Å²) in [5.41, 5.74) is 5.78. The van der Waals surface area contributed by atoms with Gasteiger partial charge in [0.1, 0.15) is 5.82 Å². The maximum atomic E-state index is 13.6. The molecular weight excluding hydrogens is 404 g/mol. The fourth-order valence-electron chi connectivity index (χ4n) is 2.51. The summed E-state index contributed by atoms with van der Waals surface area (Å²) in [7, 11) is 0. The molecule has 0 spiro atoms. The first-order valence-corrected chi connectivity index (χ1v) is 8.81. The zero-order valence-electron chi connectivity index (χ0n) is 16.0. The summed E-state index contributed by atoms with van der Waals surface area (Å²) < 4.78 is 52.2. The van der Waals surface area contributed by atoms with Crippen molar-refractivity contribution in [2.24, 2.45) is 10.7 Å². The van der Waals surface area contributed by atoms with E-state index in [0.29, 0.717) is 17.4 Å². The van der Waals surface area contributed by atoms with Gasteiger partial charge >= 0.3 is 6.18 Å². The molecule has 1 aromatic heterocycles. The highest BCUT2D eigenvalue weighted by molar-refractivity contribution is 6.13. The number of aliphatic hydroxyl groups is 1. The molecule has 1 amide bonds. The van der Waals surface area contributed by atoms with Gasteiger partial charge in [-0.1, -0.05) is 0 Å². The lowest BCUT2D eigenvalue weighted by atomic mass is 10.0. The molecule has 0 aliphatic heterocycles. The number of nitrogens with zero attached hydrogens (tertiary/aromatic N) is 2. The quantitative estimate of drug-likeness (QED) is 0.362. The molecule has 30 heavy (non-hydrogen) atoms. The summed E-state index contributed by atoms with van der Waals surface area (Å²) in [6.07, 6.45) is -2.06. The normalized spacial score (nSPS) is 12.7. The molecule has 0 bridgehead atoms. The zero-order chi connectivity index (χ0) is 22.3.